The fraction of sp³-hybridized carbons (Fsp3) is 0.619. The lowest BCUT2D eigenvalue weighted by Gasteiger charge is -2.36. The minimum atomic E-state index is -0.636. The number of nitriles is 1. The molecule has 1 saturated heterocycles. The van der Waals surface area contributed by atoms with Crippen LogP contribution in [0.3, 0.4) is 0 Å². The first kappa shape index (κ1) is 23.4. The lowest BCUT2D eigenvalue weighted by Crippen LogP contribution is -2.50. The minimum absolute atomic E-state index is 0.117. The second-order valence-corrected chi connectivity index (χ2v) is 8.35. The molecule has 1 aliphatic heterocycles. The molecule has 1 unspecified atom stereocenters. The van der Waals surface area contributed by atoms with Crippen LogP contribution in [0.4, 0.5) is 10.6 Å². The fourth-order valence-electron chi connectivity index (χ4n) is 3.05. The highest BCUT2D eigenvalue weighted by Gasteiger charge is 2.28. The van der Waals surface area contributed by atoms with Crippen LogP contribution in [0, 0.1) is 18.3 Å². The average Bonchev–Trinajstić information content (AvgIpc) is 2.69. The number of hydrogen-bond acceptors (Lipinski definition) is 7. The third-order valence-electron chi connectivity index (χ3n) is 4.69. The Kier molecular flexibility index (Phi) is 7.62. The molecule has 9 nitrogen and oxygen atoms in total. The predicted molar refractivity (Wildman–Crippen MR) is 112 cm³/mol. The van der Waals surface area contributed by atoms with Crippen molar-refractivity contribution in [1.29, 1.82) is 5.26 Å². The number of piperazine rings is 1. The molecule has 0 aliphatic carbocycles. The highest BCUT2D eigenvalue weighted by atomic mass is 16.6. The van der Waals surface area contributed by atoms with Crippen LogP contribution >= 0.6 is 0 Å². The van der Waals surface area contributed by atoms with Crippen LogP contribution in [0.25, 0.3) is 0 Å². The zero-order valence-corrected chi connectivity index (χ0v) is 18.4. The van der Waals surface area contributed by atoms with Gasteiger partial charge in [0.1, 0.15) is 23.1 Å². The molecule has 0 bridgehead atoms. The third-order valence-corrected chi connectivity index (χ3v) is 4.69. The van der Waals surface area contributed by atoms with Crippen molar-refractivity contribution in [3.63, 3.8) is 0 Å². The van der Waals surface area contributed by atoms with E-state index in [9.17, 15) is 20.0 Å². The van der Waals surface area contributed by atoms with Crippen LogP contribution in [0.5, 0.6) is 0 Å². The number of aromatic nitrogens is 1. The van der Waals surface area contributed by atoms with Gasteiger partial charge in [0.25, 0.3) is 5.91 Å². The lowest BCUT2D eigenvalue weighted by molar-refractivity contribution is 0.0240. The Balaban J connectivity index is 2.17. The molecule has 30 heavy (non-hydrogen) atoms. The van der Waals surface area contributed by atoms with E-state index in [-0.39, 0.29) is 23.8 Å². The summed E-state index contributed by atoms with van der Waals surface area (Å²) in [6, 6.07) is 3.68. The zero-order chi connectivity index (χ0) is 22.5. The SMILES string of the molecule is CCC(O)CNC(=O)c1cc(C)nc(N2CCN(C(=O)OC(C)(C)C)CC2)c1C#N. The number of carbonyl (C=O) groups excluding carboxylic acids is 2. The molecule has 2 rings (SSSR count). The third kappa shape index (κ3) is 6.07. The molecule has 0 radical (unpaired) electrons. The van der Waals surface area contributed by atoms with E-state index >= 15 is 0 Å². The Bertz CT molecular complexity index is 820. The van der Waals surface area contributed by atoms with Gasteiger partial charge in [0.2, 0.25) is 0 Å². The highest BCUT2D eigenvalue weighted by molar-refractivity contribution is 5.98. The molecule has 2 heterocycles. The topological polar surface area (TPSA) is 119 Å². The second kappa shape index (κ2) is 9.76. The number of amides is 2. The lowest BCUT2D eigenvalue weighted by atomic mass is 10.1. The van der Waals surface area contributed by atoms with Crippen LogP contribution in [0.1, 0.15) is 55.7 Å². The summed E-state index contributed by atoms with van der Waals surface area (Å²) in [5, 5.41) is 22.1. The van der Waals surface area contributed by atoms with E-state index in [1.54, 1.807) is 17.9 Å². The number of anilines is 1. The molecule has 0 saturated carbocycles. The number of nitrogens with zero attached hydrogens (tertiary/aromatic N) is 4. The maximum absolute atomic E-state index is 12.6. The summed E-state index contributed by atoms with van der Waals surface area (Å²) in [5.74, 6) is 0.0146. The largest absolute Gasteiger partial charge is 0.444 e. The van der Waals surface area contributed by atoms with Crippen molar-refractivity contribution < 1.29 is 19.4 Å². The van der Waals surface area contributed by atoms with Gasteiger partial charge in [-0.15, -0.1) is 0 Å². The number of ether oxygens (including phenoxy) is 1. The van der Waals surface area contributed by atoms with Gasteiger partial charge in [0.05, 0.1) is 11.7 Å². The molecular weight excluding hydrogens is 386 g/mol. The molecule has 2 N–H and O–H groups in total. The Morgan fingerprint density at radius 2 is 1.97 bits per heavy atom. The number of carbonyl (C=O) groups is 2. The van der Waals surface area contributed by atoms with E-state index in [2.05, 4.69) is 16.4 Å². The van der Waals surface area contributed by atoms with Gasteiger partial charge in [-0.05, 0) is 40.2 Å². The quantitative estimate of drug-likeness (QED) is 0.750. The van der Waals surface area contributed by atoms with E-state index in [1.165, 1.54) is 0 Å². The van der Waals surface area contributed by atoms with Crippen LogP contribution in [0.2, 0.25) is 0 Å². The molecule has 1 aliphatic rings. The van der Waals surface area contributed by atoms with Crippen molar-refractivity contribution in [3.05, 3.63) is 22.9 Å². The maximum atomic E-state index is 12.6. The summed E-state index contributed by atoms with van der Waals surface area (Å²) in [7, 11) is 0. The van der Waals surface area contributed by atoms with Crippen molar-refractivity contribution in [2.24, 2.45) is 0 Å². The van der Waals surface area contributed by atoms with Crippen LogP contribution in [-0.2, 0) is 4.74 Å². The van der Waals surface area contributed by atoms with Crippen LogP contribution in [-0.4, -0.2) is 71.4 Å². The Morgan fingerprint density at radius 3 is 2.50 bits per heavy atom. The summed E-state index contributed by atoms with van der Waals surface area (Å²) in [6.45, 7) is 11.0. The van der Waals surface area contributed by atoms with Gasteiger partial charge in [0.15, 0.2) is 0 Å². The molecule has 1 aromatic rings. The molecule has 1 fully saturated rings. The van der Waals surface area contributed by atoms with Gasteiger partial charge in [0, 0.05) is 38.4 Å². The van der Waals surface area contributed by atoms with Crippen molar-refractivity contribution >= 4 is 17.8 Å². The van der Waals surface area contributed by atoms with E-state index in [0.29, 0.717) is 44.1 Å². The van der Waals surface area contributed by atoms with Gasteiger partial charge in [-0.25, -0.2) is 9.78 Å². The van der Waals surface area contributed by atoms with Gasteiger partial charge >= 0.3 is 6.09 Å². The normalized spacial score (nSPS) is 15.4. The van der Waals surface area contributed by atoms with Gasteiger partial charge in [-0.3, -0.25) is 4.79 Å². The summed E-state index contributed by atoms with van der Waals surface area (Å²) in [5.41, 5.74) is 0.473. The summed E-state index contributed by atoms with van der Waals surface area (Å²) < 4.78 is 5.42. The molecule has 1 aromatic heterocycles. The average molecular weight is 418 g/mol. The highest BCUT2D eigenvalue weighted by Crippen LogP contribution is 2.24. The van der Waals surface area contributed by atoms with E-state index in [4.69, 9.17) is 4.74 Å². The van der Waals surface area contributed by atoms with Crippen molar-refractivity contribution in [2.45, 2.75) is 52.7 Å². The number of aryl methyl sites for hydroxylation is 1. The monoisotopic (exact) mass is 417 g/mol. The zero-order valence-electron chi connectivity index (χ0n) is 18.4. The molecule has 1 atom stereocenters. The number of rotatable bonds is 5. The van der Waals surface area contributed by atoms with E-state index in [0.717, 1.165) is 0 Å². The maximum Gasteiger partial charge on any atom is 0.410 e. The molecule has 0 spiro atoms. The molecule has 9 heteroatoms. The number of aliphatic hydroxyl groups is 1. The first-order chi connectivity index (χ1) is 14.1. The number of hydrogen-bond donors (Lipinski definition) is 2. The molecule has 164 valence electrons. The van der Waals surface area contributed by atoms with E-state index in [1.807, 2.05) is 32.6 Å². The molecular formula is C21H31N5O4. The van der Waals surface area contributed by atoms with Crippen molar-refractivity contribution in [2.75, 3.05) is 37.6 Å². The second-order valence-electron chi connectivity index (χ2n) is 8.35. The van der Waals surface area contributed by atoms with Gasteiger partial charge < -0.3 is 25.0 Å². The summed E-state index contributed by atoms with van der Waals surface area (Å²) in [6.07, 6.45) is -0.481. The number of nitrogens with one attached hydrogen (secondary N) is 1. The Hall–Kier alpha value is -2.86. The fourth-order valence-corrected chi connectivity index (χ4v) is 3.05. The van der Waals surface area contributed by atoms with Crippen molar-refractivity contribution in [3.8, 4) is 6.07 Å². The standard InChI is InChI=1S/C21H31N5O4/c1-6-15(27)13-23-19(28)16-11-14(2)24-18(17(16)12-22)25-7-9-26(10-8-25)20(29)30-21(3,4)5/h11,15,27H,6-10,13H2,1-5H3,(H,23,28). The smallest absolute Gasteiger partial charge is 0.410 e. The minimum Gasteiger partial charge on any atom is -0.444 e. The summed E-state index contributed by atoms with van der Waals surface area (Å²) >= 11 is 0. The summed E-state index contributed by atoms with van der Waals surface area (Å²) in [4.78, 5) is 32.9. The molecule has 0 aromatic carbocycles. The van der Waals surface area contributed by atoms with Gasteiger partial charge in [-0.1, -0.05) is 6.92 Å². The first-order valence-electron chi connectivity index (χ1n) is 10.2. The number of aliphatic hydroxyl groups excluding tert-OH is 1. The van der Waals surface area contributed by atoms with Gasteiger partial charge in [-0.2, -0.15) is 5.26 Å². The van der Waals surface area contributed by atoms with Crippen molar-refractivity contribution in [1.82, 2.24) is 15.2 Å². The van der Waals surface area contributed by atoms with Crippen LogP contribution in [0.15, 0.2) is 6.07 Å². The van der Waals surface area contributed by atoms with Crippen LogP contribution < -0.4 is 10.2 Å². The Morgan fingerprint density at radius 1 is 1.33 bits per heavy atom. The molecule has 2 amide bonds. The number of pyridine rings is 1. The Labute approximate surface area is 177 Å². The predicted octanol–water partition coefficient (Wildman–Crippen LogP) is 1.82. The van der Waals surface area contributed by atoms with E-state index < -0.39 is 17.6 Å². The first-order valence-corrected chi connectivity index (χ1v) is 10.2.